The summed E-state index contributed by atoms with van der Waals surface area (Å²) in [6, 6.07) is 0.315. The summed E-state index contributed by atoms with van der Waals surface area (Å²) in [4.78, 5) is 0. The maximum absolute atomic E-state index is 6.08. The van der Waals surface area contributed by atoms with Crippen molar-refractivity contribution in [1.82, 2.24) is 5.32 Å². The molecule has 0 amide bonds. The molecule has 1 saturated carbocycles. The maximum Gasteiger partial charge on any atom is 0.0268 e. The van der Waals surface area contributed by atoms with Gasteiger partial charge >= 0.3 is 0 Å². The molecule has 2 heteroatoms. The monoisotopic (exact) mass is 178 g/mol. The standard InChI is InChI=1S/C11H18N2/c12-11-4-3-8(7-1-2-7)9-5-13-6-10(9)11/h3-4,7-11,13H,1-2,5-6,12H2/t8-,9+,10+,11-/m0/s1. The molecule has 2 nitrogen and oxygen atoms in total. The predicted molar refractivity (Wildman–Crippen MR) is 53.2 cm³/mol. The highest BCUT2D eigenvalue weighted by molar-refractivity contribution is 5.13. The smallest absolute Gasteiger partial charge is 0.0268 e. The zero-order chi connectivity index (χ0) is 8.84. The van der Waals surface area contributed by atoms with Crippen molar-refractivity contribution in [1.29, 1.82) is 0 Å². The van der Waals surface area contributed by atoms with E-state index in [4.69, 9.17) is 5.73 Å². The van der Waals surface area contributed by atoms with Crippen molar-refractivity contribution in [3.05, 3.63) is 12.2 Å². The molecule has 3 rings (SSSR count). The molecular weight excluding hydrogens is 160 g/mol. The number of nitrogens with one attached hydrogen (secondary N) is 1. The van der Waals surface area contributed by atoms with Crippen LogP contribution < -0.4 is 11.1 Å². The molecule has 2 aliphatic carbocycles. The molecule has 1 saturated heterocycles. The summed E-state index contributed by atoms with van der Waals surface area (Å²) in [5.41, 5.74) is 6.08. The molecule has 13 heavy (non-hydrogen) atoms. The van der Waals surface area contributed by atoms with Gasteiger partial charge in [-0.2, -0.15) is 0 Å². The Balaban J connectivity index is 1.84. The van der Waals surface area contributed by atoms with Gasteiger partial charge in [0.1, 0.15) is 0 Å². The van der Waals surface area contributed by atoms with E-state index in [1.807, 2.05) is 0 Å². The van der Waals surface area contributed by atoms with E-state index in [1.165, 1.54) is 19.4 Å². The summed E-state index contributed by atoms with van der Waals surface area (Å²) in [6.07, 6.45) is 7.55. The van der Waals surface area contributed by atoms with Gasteiger partial charge in [0.25, 0.3) is 0 Å². The molecule has 3 N–H and O–H groups in total. The molecule has 0 aromatic heterocycles. The third kappa shape index (κ3) is 1.24. The van der Waals surface area contributed by atoms with E-state index < -0.39 is 0 Å². The van der Waals surface area contributed by atoms with Gasteiger partial charge in [-0.3, -0.25) is 0 Å². The molecule has 0 spiro atoms. The van der Waals surface area contributed by atoms with Crippen LogP contribution in [-0.2, 0) is 0 Å². The average Bonchev–Trinajstić information content (AvgIpc) is 2.83. The second-order valence-electron chi connectivity index (χ2n) is 4.86. The molecule has 2 fully saturated rings. The number of fused-ring (bicyclic) bond motifs is 1. The largest absolute Gasteiger partial charge is 0.324 e. The van der Waals surface area contributed by atoms with Crippen LogP contribution >= 0.6 is 0 Å². The predicted octanol–water partition coefficient (Wildman–Crippen LogP) is 0.745. The van der Waals surface area contributed by atoms with E-state index in [1.54, 1.807) is 0 Å². The van der Waals surface area contributed by atoms with Crippen molar-refractivity contribution in [2.24, 2.45) is 29.4 Å². The quantitative estimate of drug-likeness (QED) is 0.581. The van der Waals surface area contributed by atoms with Crippen molar-refractivity contribution in [2.75, 3.05) is 13.1 Å². The summed E-state index contributed by atoms with van der Waals surface area (Å²) in [7, 11) is 0. The lowest BCUT2D eigenvalue weighted by atomic mass is 9.74. The van der Waals surface area contributed by atoms with E-state index >= 15 is 0 Å². The molecule has 72 valence electrons. The van der Waals surface area contributed by atoms with Crippen LogP contribution in [0.4, 0.5) is 0 Å². The molecule has 0 bridgehead atoms. The Labute approximate surface area is 79.6 Å². The van der Waals surface area contributed by atoms with Gasteiger partial charge in [0.15, 0.2) is 0 Å². The molecule has 0 radical (unpaired) electrons. The average molecular weight is 178 g/mol. The molecule has 3 aliphatic rings. The van der Waals surface area contributed by atoms with Gasteiger partial charge in [-0.25, -0.2) is 0 Å². The lowest BCUT2D eigenvalue weighted by Crippen LogP contribution is -2.39. The van der Waals surface area contributed by atoms with Gasteiger partial charge in [0, 0.05) is 12.6 Å². The van der Waals surface area contributed by atoms with Crippen LogP contribution in [-0.4, -0.2) is 19.1 Å². The number of rotatable bonds is 1. The van der Waals surface area contributed by atoms with Crippen LogP contribution in [0.5, 0.6) is 0 Å². The summed E-state index contributed by atoms with van der Waals surface area (Å²) in [5.74, 6) is 3.40. The summed E-state index contributed by atoms with van der Waals surface area (Å²) in [5, 5.41) is 3.49. The Bertz CT molecular complexity index is 232. The normalized spacial score (nSPS) is 49.3. The number of nitrogens with two attached hydrogens (primary N) is 1. The Morgan fingerprint density at radius 1 is 1.08 bits per heavy atom. The van der Waals surface area contributed by atoms with Crippen molar-refractivity contribution >= 4 is 0 Å². The Morgan fingerprint density at radius 3 is 2.62 bits per heavy atom. The first-order chi connectivity index (χ1) is 6.36. The fourth-order valence-electron chi connectivity index (χ4n) is 3.09. The molecule has 0 aromatic rings. The Kier molecular flexibility index (Phi) is 1.74. The van der Waals surface area contributed by atoms with E-state index in [2.05, 4.69) is 17.5 Å². The van der Waals surface area contributed by atoms with E-state index in [0.717, 1.165) is 30.2 Å². The summed E-state index contributed by atoms with van der Waals surface area (Å²) < 4.78 is 0. The number of hydrogen-bond donors (Lipinski definition) is 2. The second-order valence-corrected chi connectivity index (χ2v) is 4.86. The van der Waals surface area contributed by atoms with Gasteiger partial charge in [0.2, 0.25) is 0 Å². The highest BCUT2D eigenvalue weighted by Crippen LogP contribution is 2.46. The minimum absolute atomic E-state index is 0.315. The molecule has 4 atom stereocenters. The molecular formula is C11H18N2. The first-order valence-corrected chi connectivity index (χ1v) is 5.51. The molecule has 0 unspecified atom stereocenters. The van der Waals surface area contributed by atoms with Crippen molar-refractivity contribution < 1.29 is 0 Å². The number of hydrogen-bond acceptors (Lipinski definition) is 2. The van der Waals surface area contributed by atoms with Crippen molar-refractivity contribution in [3.63, 3.8) is 0 Å². The van der Waals surface area contributed by atoms with E-state index in [-0.39, 0.29) is 0 Å². The fraction of sp³-hybridized carbons (Fsp3) is 0.818. The minimum Gasteiger partial charge on any atom is -0.324 e. The second kappa shape index (κ2) is 2.82. The lowest BCUT2D eigenvalue weighted by Gasteiger charge is -2.32. The van der Waals surface area contributed by atoms with Crippen LogP contribution in [0.3, 0.4) is 0 Å². The molecule has 1 heterocycles. The van der Waals surface area contributed by atoms with E-state index in [0.29, 0.717) is 6.04 Å². The summed E-state index contributed by atoms with van der Waals surface area (Å²) >= 11 is 0. The van der Waals surface area contributed by atoms with Crippen LogP contribution in [0.2, 0.25) is 0 Å². The summed E-state index contributed by atoms with van der Waals surface area (Å²) in [6.45, 7) is 2.34. The van der Waals surface area contributed by atoms with E-state index in [9.17, 15) is 0 Å². The Hall–Kier alpha value is -0.340. The van der Waals surface area contributed by atoms with Gasteiger partial charge in [-0.05, 0) is 43.1 Å². The van der Waals surface area contributed by atoms with Crippen LogP contribution in [0, 0.1) is 23.7 Å². The Morgan fingerprint density at radius 2 is 1.85 bits per heavy atom. The first kappa shape index (κ1) is 8.01. The minimum atomic E-state index is 0.315. The zero-order valence-electron chi connectivity index (χ0n) is 7.95. The van der Waals surface area contributed by atoms with Gasteiger partial charge in [-0.1, -0.05) is 12.2 Å². The van der Waals surface area contributed by atoms with Crippen LogP contribution in [0.15, 0.2) is 12.2 Å². The topological polar surface area (TPSA) is 38.0 Å². The van der Waals surface area contributed by atoms with Crippen LogP contribution in [0.1, 0.15) is 12.8 Å². The SMILES string of the molecule is N[C@H]1C=C[C@@H](C2CC2)[C@H]2CNC[C@H]21. The fourth-order valence-corrected chi connectivity index (χ4v) is 3.09. The highest BCUT2D eigenvalue weighted by Gasteiger charge is 2.43. The van der Waals surface area contributed by atoms with Crippen molar-refractivity contribution in [2.45, 2.75) is 18.9 Å². The van der Waals surface area contributed by atoms with Crippen LogP contribution in [0.25, 0.3) is 0 Å². The van der Waals surface area contributed by atoms with Gasteiger partial charge in [-0.15, -0.1) is 0 Å². The highest BCUT2D eigenvalue weighted by atomic mass is 14.9. The molecule has 0 aromatic carbocycles. The first-order valence-electron chi connectivity index (χ1n) is 5.51. The lowest BCUT2D eigenvalue weighted by molar-refractivity contribution is 0.266. The maximum atomic E-state index is 6.08. The zero-order valence-corrected chi connectivity index (χ0v) is 7.95. The molecule has 1 aliphatic heterocycles. The third-order valence-corrected chi connectivity index (χ3v) is 4.02. The van der Waals surface area contributed by atoms with Crippen molar-refractivity contribution in [3.8, 4) is 0 Å². The number of allylic oxidation sites excluding steroid dienone is 1. The third-order valence-electron chi connectivity index (χ3n) is 4.02. The van der Waals surface area contributed by atoms with Gasteiger partial charge < -0.3 is 11.1 Å². The van der Waals surface area contributed by atoms with Gasteiger partial charge in [0.05, 0.1) is 0 Å².